The monoisotopic (exact) mass is 277 g/mol. The Morgan fingerprint density at radius 3 is 2.72 bits per heavy atom. The molecule has 1 aromatic rings. The molecule has 0 heterocycles. The van der Waals surface area contributed by atoms with Crippen LogP contribution >= 0.6 is 24.0 Å². The van der Waals surface area contributed by atoms with Gasteiger partial charge in [0.1, 0.15) is 5.75 Å². The van der Waals surface area contributed by atoms with Crippen molar-refractivity contribution in [2.24, 2.45) is 0 Å². The molecule has 0 aromatic heterocycles. The van der Waals surface area contributed by atoms with Gasteiger partial charge in [0.2, 0.25) is 5.05 Å². The fourth-order valence-electron chi connectivity index (χ4n) is 1.21. The van der Waals surface area contributed by atoms with Crippen LogP contribution in [0.3, 0.4) is 0 Å². The van der Waals surface area contributed by atoms with Gasteiger partial charge in [-0.3, -0.25) is 0 Å². The molecule has 0 N–H and O–H groups in total. The molecular formula is C14H15NOS2. The zero-order valence-corrected chi connectivity index (χ0v) is 11.7. The van der Waals surface area contributed by atoms with Gasteiger partial charge >= 0.3 is 0 Å². The van der Waals surface area contributed by atoms with E-state index in [0.29, 0.717) is 11.5 Å². The van der Waals surface area contributed by atoms with Crippen LogP contribution in [0.1, 0.15) is 19.3 Å². The predicted molar refractivity (Wildman–Crippen MR) is 80.7 cm³/mol. The lowest BCUT2D eigenvalue weighted by molar-refractivity contribution is 0.568. The third-order valence-electron chi connectivity index (χ3n) is 2.14. The molecule has 0 saturated heterocycles. The van der Waals surface area contributed by atoms with Crippen LogP contribution in [0.15, 0.2) is 41.8 Å². The zero-order valence-electron chi connectivity index (χ0n) is 10.1. The summed E-state index contributed by atoms with van der Waals surface area (Å²) in [6, 6.07) is 11.6. The van der Waals surface area contributed by atoms with E-state index in [9.17, 15) is 0 Å². The topological polar surface area (TPSA) is 33.0 Å². The van der Waals surface area contributed by atoms with Crippen LogP contribution in [0.5, 0.6) is 5.75 Å². The van der Waals surface area contributed by atoms with Crippen LogP contribution in [0.2, 0.25) is 0 Å². The summed E-state index contributed by atoms with van der Waals surface area (Å²) >= 11 is 6.75. The number of nitriles is 1. The molecule has 0 spiro atoms. The minimum atomic E-state index is 0.423. The standard InChI is InChI=1S/C14H15NOS2/c1-12(18-11-7-3-6-10-15)14(17)16-13-8-4-2-5-9-13/h2,4-5,8-9H,1,3,6-7,11H2. The fourth-order valence-corrected chi connectivity index (χ4v) is 2.24. The highest BCUT2D eigenvalue weighted by molar-refractivity contribution is 8.05. The molecule has 18 heavy (non-hydrogen) atoms. The Morgan fingerprint density at radius 2 is 2.06 bits per heavy atom. The number of benzene rings is 1. The van der Waals surface area contributed by atoms with E-state index < -0.39 is 0 Å². The molecule has 0 aliphatic rings. The molecular weight excluding hydrogens is 262 g/mol. The second kappa shape index (κ2) is 8.73. The summed E-state index contributed by atoms with van der Waals surface area (Å²) in [7, 11) is 0. The maximum absolute atomic E-state index is 8.41. The maximum atomic E-state index is 8.41. The minimum Gasteiger partial charge on any atom is -0.445 e. The van der Waals surface area contributed by atoms with Crippen molar-refractivity contribution in [3.8, 4) is 11.8 Å². The van der Waals surface area contributed by atoms with Gasteiger partial charge in [-0.1, -0.05) is 24.8 Å². The second-order valence-corrected chi connectivity index (χ2v) is 5.15. The molecule has 1 rings (SSSR count). The Labute approximate surface area is 118 Å². The van der Waals surface area contributed by atoms with Gasteiger partial charge in [0.15, 0.2) is 0 Å². The molecule has 0 aliphatic heterocycles. The van der Waals surface area contributed by atoms with Crippen molar-refractivity contribution >= 4 is 29.0 Å². The van der Waals surface area contributed by atoms with Crippen molar-refractivity contribution in [2.45, 2.75) is 19.3 Å². The number of hydrogen-bond acceptors (Lipinski definition) is 4. The molecule has 0 fully saturated rings. The van der Waals surface area contributed by atoms with Gasteiger partial charge in [-0.25, -0.2) is 0 Å². The molecule has 4 heteroatoms. The average Bonchev–Trinajstić information content (AvgIpc) is 2.39. The first-order valence-electron chi connectivity index (χ1n) is 5.70. The number of thiocarbonyl (C=S) groups is 1. The third kappa shape index (κ3) is 5.85. The molecule has 0 amide bonds. The first-order valence-corrected chi connectivity index (χ1v) is 7.09. The number of hydrogen-bond donors (Lipinski definition) is 0. The second-order valence-electron chi connectivity index (χ2n) is 3.59. The molecule has 0 saturated carbocycles. The third-order valence-corrected chi connectivity index (χ3v) is 3.63. The van der Waals surface area contributed by atoms with Crippen molar-refractivity contribution in [1.29, 1.82) is 5.26 Å². The summed E-state index contributed by atoms with van der Waals surface area (Å²) in [6.45, 7) is 3.90. The predicted octanol–water partition coefficient (Wildman–Crippen LogP) is 4.33. The summed E-state index contributed by atoms with van der Waals surface area (Å²) in [4.78, 5) is 0.769. The van der Waals surface area contributed by atoms with Crippen LogP contribution in [0, 0.1) is 11.3 Å². The van der Waals surface area contributed by atoms with Crippen LogP contribution in [-0.4, -0.2) is 10.8 Å². The lowest BCUT2D eigenvalue weighted by atomic mass is 10.3. The largest absolute Gasteiger partial charge is 0.445 e. The molecule has 0 atom stereocenters. The number of thioether (sulfide) groups is 1. The summed E-state index contributed by atoms with van der Waals surface area (Å²) in [5.74, 6) is 1.65. The first kappa shape index (κ1) is 14.7. The SMILES string of the molecule is C=C(SCCCCC#N)C(=S)Oc1ccccc1. The molecule has 94 valence electrons. The van der Waals surface area contributed by atoms with Crippen molar-refractivity contribution in [3.05, 3.63) is 41.8 Å². The van der Waals surface area contributed by atoms with E-state index >= 15 is 0 Å². The fraction of sp³-hybridized carbons (Fsp3) is 0.286. The Morgan fingerprint density at radius 1 is 1.33 bits per heavy atom. The average molecular weight is 277 g/mol. The van der Waals surface area contributed by atoms with Crippen LogP contribution in [-0.2, 0) is 0 Å². The van der Waals surface area contributed by atoms with Gasteiger partial charge in [0.25, 0.3) is 0 Å². The van der Waals surface area contributed by atoms with Gasteiger partial charge in [0.05, 0.1) is 11.0 Å². The molecule has 0 aliphatic carbocycles. The lowest BCUT2D eigenvalue weighted by Crippen LogP contribution is -2.06. The van der Waals surface area contributed by atoms with E-state index in [2.05, 4.69) is 12.6 Å². The molecule has 2 nitrogen and oxygen atoms in total. The highest BCUT2D eigenvalue weighted by Gasteiger charge is 2.05. The normalized spacial score (nSPS) is 9.50. The van der Waals surface area contributed by atoms with Crippen molar-refractivity contribution < 1.29 is 4.74 Å². The Bertz CT molecular complexity index is 437. The summed E-state index contributed by atoms with van der Waals surface area (Å²) in [6.07, 6.45) is 2.52. The van der Waals surface area contributed by atoms with Crippen LogP contribution < -0.4 is 4.74 Å². The summed E-state index contributed by atoms with van der Waals surface area (Å²) in [5, 5.41) is 8.83. The Balaban J connectivity index is 2.26. The van der Waals surface area contributed by atoms with E-state index in [1.807, 2.05) is 30.3 Å². The van der Waals surface area contributed by atoms with Gasteiger partial charge in [-0.15, -0.1) is 11.8 Å². The molecule has 0 radical (unpaired) electrons. The van der Waals surface area contributed by atoms with E-state index in [1.165, 1.54) is 0 Å². The van der Waals surface area contributed by atoms with Crippen molar-refractivity contribution in [2.75, 3.05) is 5.75 Å². The van der Waals surface area contributed by atoms with Gasteiger partial charge in [0, 0.05) is 6.42 Å². The molecule has 1 aromatic carbocycles. The van der Waals surface area contributed by atoms with E-state index in [4.69, 9.17) is 22.2 Å². The Hall–Kier alpha value is -1.31. The van der Waals surface area contributed by atoms with Crippen molar-refractivity contribution in [1.82, 2.24) is 0 Å². The molecule has 0 unspecified atom stereocenters. The Kier molecular flexibility index (Phi) is 7.16. The maximum Gasteiger partial charge on any atom is 0.203 e. The number of para-hydroxylation sites is 1. The summed E-state index contributed by atoms with van der Waals surface area (Å²) in [5.41, 5.74) is 0. The number of nitrogens with zero attached hydrogens (tertiary/aromatic N) is 1. The summed E-state index contributed by atoms with van der Waals surface area (Å²) < 4.78 is 5.51. The van der Waals surface area contributed by atoms with E-state index in [1.54, 1.807) is 11.8 Å². The zero-order chi connectivity index (χ0) is 13.2. The van der Waals surface area contributed by atoms with E-state index in [0.717, 1.165) is 29.2 Å². The van der Waals surface area contributed by atoms with Gasteiger partial charge in [-0.05, 0) is 42.9 Å². The molecule has 0 bridgehead atoms. The van der Waals surface area contributed by atoms with Crippen LogP contribution in [0.25, 0.3) is 0 Å². The van der Waals surface area contributed by atoms with Gasteiger partial charge in [-0.2, -0.15) is 5.26 Å². The van der Waals surface area contributed by atoms with Gasteiger partial charge < -0.3 is 4.74 Å². The smallest absolute Gasteiger partial charge is 0.203 e. The number of unbranched alkanes of at least 4 members (excludes halogenated alkanes) is 2. The lowest BCUT2D eigenvalue weighted by Gasteiger charge is -2.08. The van der Waals surface area contributed by atoms with Crippen LogP contribution in [0.4, 0.5) is 0 Å². The number of rotatable bonds is 7. The number of ether oxygens (including phenoxy) is 1. The first-order chi connectivity index (χ1) is 8.74. The van der Waals surface area contributed by atoms with E-state index in [-0.39, 0.29) is 0 Å². The highest BCUT2D eigenvalue weighted by Crippen LogP contribution is 2.20. The quantitative estimate of drug-likeness (QED) is 0.422. The minimum absolute atomic E-state index is 0.423. The highest BCUT2D eigenvalue weighted by atomic mass is 32.2. The van der Waals surface area contributed by atoms with Crippen molar-refractivity contribution in [3.63, 3.8) is 0 Å².